The number of allylic oxidation sites excluding steroid dienone is 1. The van der Waals surface area contributed by atoms with Crippen LogP contribution in [0.5, 0.6) is 5.75 Å². The minimum atomic E-state index is -3.00. The molecule has 4 rings (SSSR count). The number of rotatable bonds is 6. The summed E-state index contributed by atoms with van der Waals surface area (Å²) in [6.45, 7) is 10.1. The minimum Gasteiger partial charge on any atom is -0.487 e. The normalized spacial score (nSPS) is 26.9. The third kappa shape index (κ3) is 4.16. The first-order chi connectivity index (χ1) is 16.1. The standard InChI is InChI=1S/C25H30F3N3O3/c1-5-30-25-14(12(2)3)6-7-31(25)17-9-19(23(33)22(17)32)34-18-8-15(24(27)28)21(26)20-13(4)10-29-11-16(18)20/h5-8,13,17,19,22-24,29,32-33H,2,9-11H2,1,3-4H3/b30-5-. The molecule has 0 bridgehead atoms. The molecule has 2 aromatic rings. The molecule has 1 saturated carbocycles. The average molecular weight is 478 g/mol. The number of fused-ring (bicyclic) bond motifs is 1. The first-order valence-electron chi connectivity index (χ1n) is 11.4. The molecule has 0 amide bonds. The van der Waals surface area contributed by atoms with Gasteiger partial charge in [-0.3, -0.25) is 0 Å². The Bertz CT molecular complexity index is 1110. The highest BCUT2D eigenvalue weighted by atomic mass is 19.3. The molecule has 1 aromatic heterocycles. The predicted molar refractivity (Wildman–Crippen MR) is 125 cm³/mol. The second-order valence-electron chi connectivity index (χ2n) is 9.07. The van der Waals surface area contributed by atoms with E-state index < -0.39 is 42.2 Å². The van der Waals surface area contributed by atoms with Gasteiger partial charge in [0, 0.05) is 48.6 Å². The highest BCUT2D eigenvalue weighted by molar-refractivity contribution is 5.73. The van der Waals surface area contributed by atoms with Crippen molar-refractivity contribution in [3.8, 4) is 5.75 Å². The number of benzene rings is 1. The molecule has 0 saturated heterocycles. The zero-order valence-corrected chi connectivity index (χ0v) is 19.4. The number of nitrogens with one attached hydrogen (secondary N) is 1. The van der Waals surface area contributed by atoms with Crippen LogP contribution < -0.4 is 10.1 Å². The fourth-order valence-electron chi connectivity index (χ4n) is 5.01. The number of ether oxygens (including phenoxy) is 1. The van der Waals surface area contributed by atoms with Gasteiger partial charge < -0.3 is 24.8 Å². The van der Waals surface area contributed by atoms with Gasteiger partial charge in [-0.1, -0.05) is 13.5 Å². The summed E-state index contributed by atoms with van der Waals surface area (Å²) in [5.74, 6) is -0.516. The maximum absolute atomic E-state index is 14.9. The van der Waals surface area contributed by atoms with Crippen molar-refractivity contribution in [1.29, 1.82) is 0 Å². The SMILES string of the molecule is C=C(C)c1ccn(C2CC(Oc3cc(C(F)F)c(F)c4c3CNCC4C)C(O)C2O)c1/N=C\C. The molecule has 5 unspecified atom stereocenters. The summed E-state index contributed by atoms with van der Waals surface area (Å²) in [4.78, 5) is 4.42. The van der Waals surface area contributed by atoms with Crippen molar-refractivity contribution in [2.75, 3.05) is 6.54 Å². The van der Waals surface area contributed by atoms with Gasteiger partial charge in [0.05, 0.1) is 11.6 Å². The van der Waals surface area contributed by atoms with E-state index in [1.54, 1.807) is 30.8 Å². The summed E-state index contributed by atoms with van der Waals surface area (Å²) in [7, 11) is 0. The van der Waals surface area contributed by atoms with Gasteiger partial charge in [-0.05, 0) is 37.5 Å². The van der Waals surface area contributed by atoms with Gasteiger partial charge in [0.2, 0.25) is 0 Å². The quantitative estimate of drug-likeness (QED) is 0.530. The number of hydrogen-bond acceptors (Lipinski definition) is 5. The van der Waals surface area contributed by atoms with Gasteiger partial charge in [0.15, 0.2) is 0 Å². The topological polar surface area (TPSA) is 79.0 Å². The van der Waals surface area contributed by atoms with E-state index in [1.165, 1.54) is 0 Å². The third-order valence-electron chi connectivity index (χ3n) is 6.71. The van der Waals surface area contributed by atoms with Crippen LogP contribution in [0.15, 0.2) is 29.9 Å². The number of halogens is 3. The van der Waals surface area contributed by atoms with Crippen molar-refractivity contribution < 1.29 is 28.1 Å². The van der Waals surface area contributed by atoms with Crippen molar-refractivity contribution in [2.45, 2.75) is 70.4 Å². The molecule has 34 heavy (non-hydrogen) atoms. The summed E-state index contributed by atoms with van der Waals surface area (Å²) in [6.07, 6.45) is -2.72. The van der Waals surface area contributed by atoms with Crippen LogP contribution in [0.2, 0.25) is 0 Å². The molecule has 2 heterocycles. The van der Waals surface area contributed by atoms with E-state index >= 15 is 0 Å². The van der Waals surface area contributed by atoms with Crippen LogP contribution in [0.3, 0.4) is 0 Å². The summed E-state index contributed by atoms with van der Waals surface area (Å²) < 4.78 is 49.9. The van der Waals surface area contributed by atoms with Crippen molar-refractivity contribution >= 4 is 17.6 Å². The molecule has 5 atom stereocenters. The average Bonchev–Trinajstić information content (AvgIpc) is 3.31. The minimum absolute atomic E-state index is 0.101. The fourth-order valence-corrected chi connectivity index (χ4v) is 5.01. The molecular formula is C25H30F3N3O3. The van der Waals surface area contributed by atoms with E-state index in [9.17, 15) is 23.4 Å². The molecule has 1 aliphatic heterocycles. The largest absolute Gasteiger partial charge is 0.487 e. The molecule has 1 fully saturated rings. The number of aliphatic hydroxyl groups excluding tert-OH is 2. The zero-order chi connectivity index (χ0) is 24.7. The summed E-state index contributed by atoms with van der Waals surface area (Å²) in [5.41, 5.74) is 1.58. The van der Waals surface area contributed by atoms with Gasteiger partial charge in [-0.25, -0.2) is 18.2 Å². The second kappa shape index (κ2) is 9.56. The number of nitrogens with zero attached hydrogens (tertiary/aromatic N) is 2. The molecule has 3 N–H and O–H groups in total. The Labute approximate surface area is 196 Å². The number of hydrogen-bond donors (Lipinski definition) is 3. The van der Waals surface area contributed by atoms with E-state index in [0.717, 1.165) is 17.2 Å². The molecule has 2 aliphatic rings. The maximum atomic E-state index is 14.9. The van der Waals surface area contributed by atoms with E-state index in [0.29, 0.717) is 17.9 Å². The fraction of sp³-hybridized carbons (Fsp3) is 0.480. The van der Waals surface area contributed by atoms with Crippen molar-refractivity contribution in [2.24, 2.45) is 4.99 Å². The highest BCUT2D eigenvalue weighted by Crippen LogP contribution is 2.42. The lowest BCUT2D eigenvalue weighted by molar-refractivity contribution is -0.0169. The molecule has 0 radical (unpaired) electrons. The molecule has 1 aliphatic carbocycles. The van der Waals surface area contributed by atoms with E-state index in [2.05, 4.69) is 16.9 Å². The van der Waals surface area contributed by atoms with Crippen LogP contribution in [0.4, 0.5) is 19.0 Å². The summed E-state index contributed by atoms with van der Waals surface area (Å²) in [6, 6.07) is 2.30. The predicted octanol–water partition coefficient (Wildman–Crippen LogP) is 4.64. The lowest BCUT2D eigenvalue weighted by atomic mass is 9.89. The molecule has 6 nitrogen and oxygen atoms in total. The second-order valence-corrected chi connectivity index (χ2v) is 9.07. The Morgan fingerprint density at radius 2 is 2.09 bits per heavy atom. The van der Waals surface area contributed by atoms with Gasteiger partial charge in [-0.2, -0.15) is 0 Å². The van der Waals surface area contributed by atoms with Crippen molar-refractivity contribution in [1.82, 2.24) is 9.88 Å². The maximum Gasteiger partial charge on any atom is 0.266 e. The van der Waals surface area contributed by atoms with Crippen LogP contribution in [-0.2, 0) is 6.54 Å². The van der Waals surface area contributed by atoms with Gasteiger partial charge in [0.1, 0.15) is 35.7 Å². The lowest BCUT2D eigenvalue weighted by Gasteiger charge is -2.29. The van der Waals surface area contributed by atoms with Crippen LogP contribution in [-0.4, -0.2) is 45.9 Å². The number of alkyl halides is 2. The Balaban J connectivity index is 1.69. The van der Waals surface area contributed by atoms with Crippen LogP contribution >= 0.6 is 0 Å². The lowest BCUT2D eigenvalue weighted by Crippen LogP contribution is -2.35. The van der Waals surface area contributed by atoms with Gasteiger partial charge in [0.25, 0.3) is 6.43 Å². The number of aliphatic hydroxyl groups is 2. The van der Waals surface area contributed by atoms with Crippen molar-refractivity contribution in [3.05, 3.63) is 53.0 Å². The molecular weight excluding hydrogens is 447 g/mol. The zero-order valence-electron chi connectivity index (χ0n) is 19.4. The van der Waals surface area contributed by atoms with Crippen LogP contribution in [0, 0.1) is 5.82 Å². The first-order valence-corrected chi connectivity index (χ1v) is 11.4. The van der Waals surface area contributed by atoms with E-state index in [1.807, 2.05) is 13.0 Å². The molecule has 184 valence electrons. The Morgan fingerprint density at radius 3 is 2.74 bits per heavy atom. The number of aromatic nitrogens is 1. The Hall–Kier alpha value is -2.62. The molecule has 9 heteroatoms. The van der Waals surface area contributed by atoms with Crippen LogP contribution in [0.25, 0.3) is 5.57 Å². The monoisotopic (exact) mass is 477 g/mol. The van der Waals surface area contributed by atoms with Crippen molar-refractivity contribution in [3.63, 3.8) is 0 Å². The van der Waals surface area contributed by atoms with Gasteiger partial charge >= 0.3 is 0 Å². The van der Waals surface area contributed by atoms with E-state index in [-0.39, 0.29) is 30.2 Å². The Morgan fingerprint density at radius 1 is 1.35 bits per heavy atom. The van der Waals surface area contributed by atoms with Crippen LogP contribution in [0.1, 0.15) is 67.8 Å². The first kappa shape index (κ1) is 24.5. The third-order valence-corrected chi connectivity index (χ3v) is 6.71. The molecule has 0 spiro atoms. The Kier molecular flexibility index (Phi) is 6.89. The highest BCUT2D eigenvalue weighted by Gasteiger charge is 2.45. The summed E-state index contributed by atoms with van der Waals surface area (Å²) >= 11 is 0. The smallest absolute Gasteiger partial charge is 0.266 e. The van der Waals surface area contributed by atoms with Gasteiger partial charge in [-0.15, -0.1) is 0 Å². The molecule has 1 aromatic carbocycles. The summed E-state index contributed by atoms with van der Waals surface area (Å²) in [5, 5.41) is 24.8. The van der Waals surface area contributed by atoms with E-state index in [4.69, 9.17) is 4.74 Å². The number of aliphatic imine (C=N–C) groups is 1.